The third-order valence-electron chi connectivity index (χ3n) is 5.75. The second kappa shape index (κ2) is 9.12. The topological polar surface area (TPSA) is 64.0 Å². The molecule has 1 aliphatic rings. The van der Waals surface area contributed by atoms with Gasteiger partial charge in [-0.25, -0.2) is 4.79 Å². The van der Waals surface area contributed by atoms with Gasteiger partial charge in [0.1, 0.15) is 5.75 Å². The first-order chi connectivity index (χ1) is 15.1. The van der Waals surface area contributed by atoms with Gasteiger partial charge in [0.25, 0.3) is 5.91 Å². The van der Waals surface area contributed by atoms with E-state index in [-0.39, 0.29) is 12.5 Å². The van der Waals surface area contributed by atoms with Crippen LogP contribution in [0.15, 0.2) is 54.7 Å². The highest BCUT2D eigenvalue weighted by molar-refractivity contribution is 6.04. The molecule has 0 aliphatic carbocycles. The van der Waals surface area contributed by atoms with Crippen LogP contribution in [0.5, 0.6) is 5.75 Å². The number of amides is 1. The fourth-order valence-electron chi connectivity index (χ4n) is 3.97. The van der Waals surface area contributed by atoms with Crippen molar-refractivity contribution in [2.45, 2.75) is 13.5 Å². The highest BCUT2D eigenvalue weighted by Gasteiger charge is 2.23. The molecule has 0 bridgehead atoms. The molecule has 1 amide bonds. The molecular formula is C24H27N3O4. The summed E-state index contributed by atoms with van der Waals surface area (Å²) < 4.78 is 12.6. The summed E-state index contributed by atoms with van der Waals surface area (Å²) in [6.45, 7) is 5.19. The van der Waals surface area contributed by atoms with E-state index in [9.17, 15) is 9.59 Å². The molecule has 7 nitrogen and oxygen atoms in total. The zero-order valence-corrected chi connectivity index (χ0v) is 17.9. The van der Waals surface area contributed by atoms with E-state index in [1.807, 2.05) is 60.0 Å². The monoisotopic (exact) mass is 421 g/mol. The van der Waals surface area contributed by atoms with Crippen molar-refractivity contribution in [3.05, 3.63) is 60.3 Å². The fourth-order valence-corrected chi connectivity index (χ4v) is 3.97. The van der Waals surface area contributed by atoms with Crippen LogP contribution in [0.4, 0.5) is 5.69 Å². The predicted octanol–water partition coefficient (Wildman–Crippen LogP) is 3.18. The number of carbonyl (C=O) groups is 2. The van der Waals surface area contributed by atoms with Gasteiger partial charge in [0.15, 0.2) is 6.61 Å². The molecule has 2 heterocycles. The minimum absolute atomic E-state index is 0.165. The predicted molar refractivity (Wildman–Crippen MR) is 120 cm³/mol. The molecule has 1 fully saturated rings. The Kier molecular flexibility index (Phi) is 6.11. The maximum Gasteiger partial charge on any atom is 0.340 e. The SMILES string of the molecule is CCn1cc(C(=O)OCC(=O)N2CCN(c3ccc(OC)cc3)CC2)c2ccccc21. The van der Waals surface area contributed by atoms with Crippen LogP contribution in [-0.4, -0.2) is 61.2 Å². The number of aromatic nitrogens is 1. The molecule has 2 aromatic carbocycles. The lowest BCUT2D eigenvalue weighted by Gasteiger charge is -2.36. The fraction of sp³-hybridized carbons (Fsp3) is 0.333. The van der Waals surface area contributed by atoms with Gasteiger partial charge in [0.05, 0.1) is 12.7 Å². The van der Waals surface area contributed by atoms with Crippen molar-refractivity contribution in [3.63, 3.8) is 0 Å². The molecule has 1 saturated heterocycles. The quantitative estimate of drug-likeness (QED) is 0.572. The number of esters is 1. The molecule has 3 aromatic rings. The zero-order chi connectivity index (χ0) is 21.8. The van der Waals surface area contributed by atoms with Crippen LogP contribution in [0.3, 0.4) is 0 Å². The van der Waals surface area contributed by atoms with Gasteiger partial charge in [-0.3, -0.25) is 4.79 Å². The van der Waals surface area contributed by atoms with E-state index in [0.29, 0.717) is 18.7 Å². The summed E-state index contributed by atoms with van der Waals surface area (Å²) in [6.07, 6.45) is 1.80. The summed E-state index contributed by atoms with van der Waals surface area (Å²) in [5, 5.41) is 0.843. The van der Waals surface area contributed by atoms with Gasteiger partial charge in [-0.15, -0.1) is 0 Å². The molecule has 31 heavy (non-hydrogen) atoms. The Hall–Kier alpha value is -3.48. The van der Waals surface area contributed by atoms with Crippen molar-refractivity contribution in [3.8, 4) is 5.75 Å². The van der Waals surface area contributed by atoms with Crippen LogP contribution in [0.25, 0.3) is 10.9 Å². The minimum atomic E-state index is -0.464. The third kappa shape index (κ3) is 4.35. The van der Waals surface area contributed by atoms with Crippen molar-refractivity contribution in [1.82, 2.24) is 9.47 Å². The number of hydrogen-bond acceptors (Lipinski definition) is 5. The Bertz CT molecular complexity index is 1070. The number of carbonyl (C=O) groups excluding carboxylic acids is 2. The van der Waals surface area contributed by atoms with Crippen molar-refractivity contribution < 1.29 is 19.1 Å². The van der Waals surface area contributed by atoms with Gasteiger partial charge in [0, 0.05) is 55.5 Å². The summed E-state index contributed by atoms with van der Waals surface area (Å²) in [4.78, 5) is 29.2. The van der Waals surface area contributed by atoms with Crippen molar-refractivity contribution in [2.24, 2.45) is 0 Å². The summed E-state index contributed by atoms with van der Waals surface area (Å²) in [6, 6.07) is 15.6. The summed E-state index contributed by atoms with van der Waals surface area (Å²) in [7, 11) is 1.65. The summed E-state index contributed by atoms with van der Waals surface area (Å²) in [5.74, 6) is 0.192. The van der Waals surface area contributed by atoms with Gasteiger partial charge < -0.3 is 23.8 Å². The highest BCUT2D eigenvalue weighted by Crippen LogP contribution is 2.23. The van der Waals surface area contributed by atoms with Crippen LogP contribution >= 0.6 is 0 Å². The number of rotatable bonds is 6. The number of piperazine rings is 1. The molecule has 0 N–H and O–H groups in total. The second-order valence-electron chi connectivity index (χ2n) is 7.49. The summed E-state index contributed by atoms with van der Waals surface area (Å²) >= 11 is 0. The third-order valence-corrected chi connectivity index (χ3v) is 5.75. The van der Waals surface area contributed by atoms with E-state index >= 15 is 0 Å². The Morgan fingerprint density at radius 2 is 1.68 bits per heavy atom. The number of ether oxygens (including phenoxy) is 2. The average Bonchev–Trinajstić information content (AvgIpc) is 3.21. The molecule has 0 unspecified atom stereocenters. The van der Waals surface area contributed by atoms with Gasteiger partial charge >= 0.3 is 5.97 Å². The smallest absolute Gasteiger partial charge is 0.340 e. The first-order valence-electron chi connectivity index (χ1n) is 10.5. The van der Waals surface area contributed by atoms with Crippen molar-refractivity contribution >= 4 is 28.5 Å². The van der Waals surface area contributed by atoms with Crippen molar-refractivity contribution in [2.75, 3.05) is 44.8 Å². The van der Waals surface area contributed by atoms with E-state index in [1.165, 1.54) is 0 Å². The van der Waals surface area contributed by atoms with Gasteiger partial charge in [-0.1, -0.05) is 18.2 Å². The normalized spacial score (nSPS) is 14.0. The number of fused-ring (bicyclic) bond motifs is 1. The van der Waals surface area contributed by atoms with Gasteiger partial charge in [0.2, 0.25) is 0 Å². The molecule has 7 heteroatoms. The average molecular weight is 421 g/mol. The number of anilines is 1. The zero-order valence-electron chi connectivity index (χ0n) is 17.9. The van der Waals surface area contributed by atoms with E-state index in [2.05, 4.69) is 4.90 Å². The van der Waals surface area contributed by atoms with E-state index in [1.54, 1.807) is 18.2 Å². The Morgan fingerprint density at radius 3 is 2.35 bits per heavy atom. The second-order valence-corrected chi connectivity index (χ2v) is 7.49. The van der Waals surface area contributed by atoms with Gasteiger partial charge in [-0.05, 0) is 37.3 Å². The standard InChI is InChI=1S/C24H27N3O4/c1-3-25-16-21(20-6-4-5-7-22(20)25)24(29)31-17-23(28)27-14-12-26(13-15-27)18-8-10-19(30-2)11-9-18/h4-11,16H,3,12-15,17H2,1-2H3. The number of methoxy groups -OCH3 is 1. The molecule has 0 radical (unpaired) electrons. The highest BCUT2D eigenvalue weighted by atomic mass is 16.5. The number of para-hydroxylation sites is 1. The molecular weight excluding hydrogens is 394 g/mol. The Labute approximate surface area is 181 Å². The number of aryl methyl sites for hydroxylation is 1. The number of nitrogens with zero attached hydrogens (tertiary/aromatic N) is 3. The van der Waals surface area contributed by atoms with Crippen LogP contribution in [-0.2, 0) is 16.1 Å². The molecule has 162 valence electrons. The van der Waals surface area contributed by atoms with Crippen LogP contribution in [0, 0.1) is 0 Å². The lowest BCUT2D eigenvalue weighted by molar-refractivity contribution is -0.134. The number of benzene rings is 2. The lowest BCUT2D eigenvalue weighted by atomic mass is 10.2. The van der Waals surface area contributed by atoms with E-state index in [4.69, 9.17) is 9.47 Å². The largest absolute Gasteiger partial charge is 0.497 e. The summed E-state index contributed by atoms with van der Waals surface area (Å²) in [5.41, 5.74) is 2.58. The maximum absolute atomic E-state index is 12.6. The van der Waals surface area contributed by atoms with Gasteiger partial charge in [-0.2, -0.15) is 0 Å². The molecule has 1 aromatic heterocycles. The van der Waals surface area contributed by atoms with Crippen LogP contribution in [0.2, 0.25) is 0 Å². The van der Waals surface area contributed by atoms with E-state index < -0.39 is 5.97 Å². The molecule has 0 spiro atoms. The van der Waals surface area contributed by atoms with E-state index in [0.717, 1.165) is 42.0 Å². The molecule has 0 saturated carbocycles. The Balaban J connectivity index is 1.32. The first-order valence-corrected chi connectivity index (χ1v) is 10.5. The molecule has 1 aliphatic heterocycles. The minimum Gasteiger partial charge on any atom is -0.497 e. The number of hydrogen-bond donors (Lipinski definition) is 0. The molecule has 4 rings (SSSR count). The van der Waals surface area contributed by atoms with Crippen LogP contribution in [0.1, 0.15) is 17.3 Å². The van der Waals surface area contributed by atoms with Crippen molar-refractivity contribution in [1.29, 1.82) is 0 Å². The molecule has 0 atom stereocenters. The Morgan fingerprint density at radius 1 is 0.968 bits per heavy atom. The lowest BCUT2D eigenvalue weighted by Crippen LogP contribution is -2.49. The maximum atomic E-state index is 12.6. The van der Waals surface area contributed by atoms with Crippen LogP contribution < -0.4 is 9.64 Å². The first kappa shape index (κ1) is 20.8.